The van der Waals surface area contributed by atoms with Crippen molar-refractivity contribution in [1.29, 1.82) is 0 Å². The molecular formula is C19H19F3N2O3. The van der Waals surface area contributed by atoms with E-state index in [1.807, 2.05) is 0 Å². The molecular weight excluding hydrogens is 361 g/mol. The third-order valence-electron chi connectivity index (χ3n) is 3.74. The van der Waals surface area contributed by atoms with Gasteiger partial charge in [0, 0.05) is 17.4 Å². The largest absolute Gasteiger partial charge is 0.452 e. The summed E-state index contributed by atoms with van der Waals surface area (Å²) in [5, 5.41) is 0. The van der Waals surface area contributed by atoms with Crippen molar-refractivity contribution in [2.45, 2.75) is 26.1 Å². The smallest absolute Gasteiger partial charge is 0.416 e. The first-order chi connectivity index (χ1) is 12.6. The van der Waals surface area contributed by atoms with E-state index in [0.717, 1.165) is 12.1 Å². The Morgan fingerprint density at radius 1 is 1.11 bits per heavy atom. The Morgan fingerprint density at radius 2 is 1.74 bits per heavy atom. The number of nitrogens with two attached hydrogens (primary N) is 1. The van der Waals surface area contributed by atoms with E-state index in [1.165, 1.54) is 4.90 Å². The van der Waals surface area contributed by atoms with Gasteiger partial charge in [0.2, 0.25) is 0 Å². The van der Waals surface area contributed by atoms with Gasteiger partial charge in [-0.3, -0.25) is 4.79 Å². The molecule has 0 saturated carbocycles. The molecule has 2 rings (SSSR count). The molecule has 1 amide bonds. The minimum Gasteiger partial charge on any atom is -0.452 e. The van der Waals surface area contributed by atoms with E-state index in [1.54, 1.807) is 44.2 Å². The zero-order valence-electron chi connectivity index (χ0n) is 14.8. The van der Waals surface area contributed by atoms with Crippen LogP contribution in [0.4, 0.5) is 24.5 Å². The maximum Gasteiger partial charge on any atom is 0.416 e. The van der Waals surface area contributed by atoms with Crippen LogP contribution in [0.3, 0.4) is 0 Å². The van der Waals surface area contributed by atoms with E-state index in [0.29, 0.717) is 11.8 Å². The van der Waals surface area contributed by atoms with Gasteiger partial charge in [-0.25, -0.2) is 4.79 Å². The zero-order chi connectivity index (χ0) is 20.2. The highest BCUT2D eigenvalue weighted by atomic mass is 19.4. The Labute approximate surface area is 154 Å². The fourth-order valence-corrected chi connectivity index (χ4v) is 2.52. The number of ether oxygens (including phenoxy) is 1. The third kappa shape index (κ3) is 4.99. The van der Waals surface area contributed by atoms with Crippen molar-refractivity contribution in [3.8, 4) is 0 Å². The van der Waals surface area contributed by atoms with Crippen LogP contribution in [0, 0.1) is 0 Å². The molecule has 0 heterocycles. The number of hydrogen-bond donors (Lipinski definition) is 1. The number of anilines is 2. The molecule has 0 aliphatic rings. The lowest BCUT2D eigenvalue weighted by molar-refractivity contribution is -0.137. The van der Waals surface area contributed by atoms with Crippen LogP contribution in [0.25, 0.3) is 0 Å². The maximum atomic E-state index is 12.7. The molecule has 0 unspecified atom stereocenters. The number of esters is 1. The summed E-state index contributed by atoms with van der Waals surface area (Å²) in [7, 11) is 0. The highest BCUT2D eigenvalue weighted by Gasteiger charge is 2.31. The summed E-state index contributed by atoms with van der Waals surface area (Å²) < 4.78 is 42.9. The molecule has 2 N–H and O–H groups in total. The average Bonchev–Trinajstić information content (AvgIpc) is 2.59. The van der Waals surface area contributed by atoms with Crippen LogP contribution < -0.4 is 10.6 Å². The molecule has 8 heteroatoms. The molecule has 5 nitrogen and oxygen atoms in total. The quantitative estimate of drug-likeness (QED) is 0.631. The molecule has 27 heavy (non-hydrogen) atoms. The van der Waals surface area contributed by atoms with Gasteiger partial charge in [-0.15, -0.1) is 0 Å². The molecule has 0 spiro atoms. The Morgan fingerprint density at radius 3 is 2.26 bits per heavy atom. The summed E-state index contributed by atoms with van der Waals surface area (Å²) in [4.78, 5) is 26.0. The first-order valence-corrected chi connectivity index (χ1v) is 8.12. The number of rotatable bonds is 5. The van der Waals surface area contributed by atoms with E-state index < -0.39 is 30.2 Å². The van der Waals surface area contributed by atoms with Crippen LogP contribution >= 0.6 is 0 Å². The van der Waals surface area contributed by atoms with Gasteiger partial charge in [0.25, 0.3) is 5.91 Å². The first-order valence-electron chi connectivity index (χ1n) is 8.12. The summed E-state index contributed by atoms with van der Waals surface area (Å²) in [5.74, 6) is -1.43. The molecule has 0 atom stereocenters. The number of carbonyl (C=O) groups excluding carboxylic acids is 2. The van der Waals surface area contributed by atoms with Gasteiger partial charge < -0.3 is 15.4 Å². The molecule has 2 aromatic carbocycles. The van der Waals surface area contributed by atoms with Gasteiger partial charge in [-0.1, -0.05) is 18.2 Å². The van der Waals surface area contributed by atoms with Crippen LogP contribution in [0.1, 0.15) is 29.8 Å². The molecule has 0 radical (unpaired) electrons. The second kappa shape index (κ2) is 8.11. The van der Waals surface area contributed by atoms with Gasteiger partial charge >= 0.3 is 12.1 Å². The number of para-hydroxylation sites is 1. The lowest BCUT2D eigenvalue weighted by Crippen LogP contribution is -2.39. The number of hydrogen-bond acceptors (Lipinski definition) is 4. The van der Waals surface area contributed by atoms with Crippen LogP contribution in [0.15, 0.2) is 48.5 Å². The van der Waals surface area contributed by atoms with Gasteiger partial charge in [-0.05, 0) is 44.2 Å². The Bertz CT molecular complexity index is 821. The molecule has 0 aliphatic heterocycles. The monoisotopic (exact) mass is 380 g/mol. The SMILES string of the molecule is CC(C)N(C(=O)COC(=O)c1ccc(C(F)(F)F)cc1N)c1ccccc1. The molecule has 0 bridgehead atoms. The minimum absolute atomic E-state index is 0.185. The summed E-state index contributed by atoms with van der Waals surface area (Å²) >= 11 is 0. The van der Waals surface area contributed by atoms with Gasteiger partial charge in [0.1, 0.15) is 0 Å². The molecule has 0 aromatic heterocycles. The summed E-state index contributed by atoms with van der Waals surface area (Å²) in [6, 6.07) is 11.0. The second-order valence-electron chi connectivity index (χ2n) is 6.07. The van der Waals surface area contributed by atoms with Crippen molar-refractivity contribution in [2.24, 2.45) is 0 Å². The van der Waals surface area contributed by atoms with Crippen molar-refractivity contribution in [2.75, 3.05) is 17.2 Å². The summed E-state index contributed by atoms with van der Waals surface area (Å²) in [6.07, 6.45) is -4.57. The zero-order valence-corrected chi connectivity index (χ0v) is 14.8. The topological polar surface area (TPSA) is 72.6 Å². The van der Waals surface area contributed by atoms with E-state index in [-0.39, 0.29) is 17.3 Å². The van der Waals surface area contributed by atoms with Crippen LogP contribution in [-0.4, -0.2) is 24.5 Å². The summed E-state index contributed by atoms with van der Waals surface area (Å²) in [6.45, 7) is 3.05. The second-order valence-corrected chi connectivity index (χ2v) is 6.07. The fourth-order valence-electron chi connectivity index (χ4n) is 2.52. The number of benzene rings is 2. The molecule has 0 aliphatic carbocycles. The van der Waals surface area contributed by atoms with Crippen molar-refractivity contribution in [3.05, 3.63) is 59.7 Å². The Hall–Kier alpha value is -3.03. The summed E-state index contributed by atoms with van der Waals surface area (Å²) in [5.41, 5.74) is 4.60. The van der Waals surface area contributed by atoms with Crippen LogP contribution in [-0.2, 0) is 15.7 Å². The normalized spacial score (nSPS) is 11.3. The minimum atomic E-state index is -4.57. The fraction of sp³-hybridized carbons (Fsp3) is 0.263. The van der Waals surface area contributed by atoms with Crippen molar-refractivity contribution in [3.63, 3.8) is 0 Å². The number of alkyl halides is 3. The van der Waals surface area contributed by atoms with Gasteiger partial charge in [0.05, 0.1) is 11.1 Å². The highest BCUT2D eigenvalue weighted by molar-refractivity contribution is 5.99. The lowest BCUT2D eigenvalue weighted by atomic mass is 10.1. The predicted octanol–water partition coefficient (Wildman–Crippen LogP) is 3.89. The number of nitrogens with zero attached hydrogens (tertiary/aromatic N) is 1. The van der Waals surface area contributed by atoms with Gasteiger partial charge in [-0.2, -0.15) is 13.2 Å². The van der Waals surface area contributed by atoms with E-state index in [4.69, 9.17) is 10.5 Å². The highest BCUT2D eigenvalue weighted by Crippen LogP contribution is 2.31. The lowest BCUT2D eigenvalue weighted by Gasteiger charge is -2.26. The predicted molar refractivity (Wildman–Crippen MR) is 95.2 cm³/mol. The third-order valence-corrected chi connectivity index (χ3v) is 3.74. The van der Waals surface area contributed by atoms with E-state index >= 15 is 0 Å². The van der Waals surface area contributed by atoms with Crippen molar-refractivity contribution in [1.82, 2.24) is 0 Å². The van der Waals surface area contributed by atoms with Crippen LogP contribution in [0.5, 0.6) is 0 Å². The van der Waals surface area contributed by atoms with Crippen molar-refractivity contribution < 1.29 is 27.5 Å². The average molecular weight is 380 g/mol. The first kappa shape index (κ1) is 20.3. The molecule has 2 aromatic rings. The van der Waals surface area contributed by atoms with E-state index in [9.17, 15) is 22.8 Å². The van der Waals surface area contributed by atoms with Crippen molar-refractivity contribution >= 4 is 23.3 Å². The van der Waals surface area contributed by atoms with Crippen LogP contribution in [0.2, 0.25) is 0 Å². The Balaban J connectivity index is 2.09. The number of carbonyl (C=O) groups is 2. The standard InChI is InChI=1S/C19H19F3N2O3/c1-12(2)24(14-6-4-3-5-7-14)17(25)11-27-18(26)15-9-8-13(10-16(15)23)19(20,21)22/h3-10,12H,11,23H2,1-2H3. The molecule has 0 saturated heterocycles. The molecule has 0 fully saturated rings. The molecule has 144 valence electrons. The Kier molecular flexibility index (Phi) is 6.09. The number of nitrogen functional groups attached to an aromatic ring is 1. The maximum absolute atomic E-state index is 12.7. The van der Waals surface area contributed by atoms with Gasteiger partial charge in [0.15, 0.2) is 6.61 Å². The van der Waals surface area contributed by atoms with E-state index in [2.05, 4.69) is 0 Å². The number of halogens is 3. The number of amides is 1.